The molecule has 1 fully saturated rings. The third-order valence-corrected chi connectivity index (χ3v) is 7.12. The Labute approximate surface area is 224 Å². The first-order valence-electron chi connectivity index (χ1n) is 13.6. The Morgan fingerprint density at radius 2 is 1.71 bits per heavy atom. The van der Waals surface area contributed by atoms with E-state index in [2.05, 4.69) is 25.7 Å². The second kappa shape index (κ2) is 12.8. The van der Waals surface area contributed by atoms with Crippen LogP contribution in [0.4, 0.5) is 0 Å². The number of amides is 1. The Kier molecular flexibility index (Phi) is 9.29. The summed E-state index contributed by atoms with van der Waals surface area (Å²) in [5.41, 5.74) is 1.21. The minimum atomic E-state index is -0.715. The Balaban J connectivity index is 1.69. The molecule has 0 aliphatic carbocycles. The van der Waals surface area contributed by atoms with Crippen LogP contribution in [-0.4, -0.2) is 72.6 Å². The third-order valence-electron chi connectivity index (χ3n) is 7.12. The van der Waals surface area contributed by atoms with Crippen molar-refractivity contribution >= 4 is 17.4 Å². The first-order valence-corrected chi connectivity index (χ1v) is 13.6. The number of ether oxygens (including phenoxy) is 3. The van der Waals surface area contributed by atoms with Crippen molar-refractivity contribution in [1.82, 2.24) is 9.80 Å². The number of aliphatic hydroxyl groups is 1. The van der Waals surface area contributed by atoms with Gasteiger partial charge >= 0.3 is 0 Å². The van der Waals surface area contributed by atoms with Crippen molar-refractivity contribution < 1.29 is 28.9 Å². The Morgan fingerprint density at radius 1 is 1.00 bits per heavy atom. The highest BCUT2D eigenvalue weighted by Gasteiger charge is 2.46. The van der Waals surface area contributed by atoms with Crippen LogP contribution in [0.25, 0.3) is 5.76 Å². The maximum atomic E-state index is 13.4. The number of carbonyl (C=O) groups is 2. The molecule has 8 nitrogen and oxygen atoms in total. The molecule has 2 aliphatic heterocycles. The molecule has 1 saturated heterocycles. The van der Waals surface area contributed by atoms with E-state index in [1.54, 1.807) is 23.1 Å². The summed E-state index contributed by atoms with van der Waals surface area (Å²) in [6, 6.07) is 11.8. The number of fused-ring (bicyclic) bond motifs is 1. The highest BCUT2D eigenvalue weighted by Crippen LogP contribution is 2.41. The molecular formula is C30H38N2O6. The molecule has 0 aromatic heterocycles. The van der Waals surface area contributed by atoms with Crippen LogP contribution >= 0.6 is 0 Å². The number of Topliss-reactive ketones (excluding diaryl/α,β-unsaturated/α-hetero) is 1. The molecule has 8 heteroatoms. The summed E-state index contributed by atoms with van der Waals surface area (Å²) in [4.78, 5) is 30.4. The van der Waals surface area contributed by atoms with Crippen LogP contribution in [0.5, 0.6) is 17.2 Å². The maximum absolute atomic E-state index is 13.4. The highest BCUT2D eigenvalue weighted by atomic mass is 16.6. The molecule has 1 amide bonds. The zero-order valence-corrected chi connectivity index (χ0v) is 22.6. The third kappa shape index (κ3) is 5.96. The lowest BCUT2D eigenvalue weighted by atomic mass is 9.95. The van der Waals surface area contributed by atoms with E-state index in [0.717, 1.165) is 43.7 Å². The number of rotatable bonds is 12. The minimum absolute atomic E-state index is 0.0721. The van der Waals surface area contributed by atoms with Crippen molar-refractivity contribution in [2.75, 3.05) is 46.0 Å². The number of ketones is 1. The van der Waals surface area contributed by atoms with Gasteiger partial charge in [0.05, 0.1) is 18.2 Å². The predicted octanol–water partition coefficient (Wildman–Crippen LogP) is 4.79. The van der Waals surface area contributed by atoms with E-state index >= 15 is 0 Å². The summed E-state index contributed by atoms with van der Waals surface area (Å²) < 4.78 is 17.1. The Morgan fingerprint density at radius 3 is 2.39 bits per heavy atom. The first kappa shape index (κ1) is 27.5. The molecule has 4 rings (SSSR count). The molecule has 0 radical (unpaired) electrons. The summed E-state index contributed by atoms with van der Waals surface area (Å²) in [7, 11) is 0. The average Bonchev–Trinajstić information content (AvgIpc) is 3.20. The van der Waals surface area contributed by atoms with Crippen molar-refractivity contribution in [3.8, 4) is 17.2 Å². The zero-order valence-electron chi connectivity index (χ0n) is 22.6. The second-order valence-electron chi connectivity index (χ2n) is 9.50. The lowest BCUT2D eigenvalue weighted by molar-refractivity contribution is -0.140. The Bertz CT molecular complexity index is 1160. The van der Waals surface area contributed by atoms with Crippen LogP contribution in [0.15, 0.2) is 48.0 Å². The number of unbranched alkanes of at least 4 members (excludes halogenated alkanes) is 2. The van der Waals surface area contributed by atoms with Gasteiger partial charge in [-0.1, -0.05) is 45.7 Å². The van der Waals surface area contributed by atoms with E-state index in [1.807, 2.05) is 24.3 Å². The molecule has 2 heterocycles. The molecule has 1 N–H and O–H groups in total. The first-order chi connectivity index (χ1) is 18.5. The topological polar surface area (TPSA) is 88.5 Å². The van der Waals surface area contributed by atoms with E-state index < -0.39 is 17.7 Å². The van der Waals surface area contributed by atoms with Crippen LogP contribution in [0.1, 0.15) is 57.2 Å². The predicted molar refractivity (Wildman–Crippen MR) is 146 cm³/mol. The average molecular weight is 523 g/mol. The van der Waals surface area contributed by atoms with E-state index in [0.29, 0.717) is 50.0 Å². The van der Waals surface area contributed by atoms with Crippen molar-refractivity contribution in [2.45, 2.75) is 46.1 Å². The van der Waals surface area contributed by atoms with Gasteiger partial charge in [-0.05, 0) is 55.4 Å². The zero-order chi connectivity index (χ0) is 27.1. The molecule has 1 atom stereocenters. The maximum Gasteiger partial charge on any atom is 0.295 e. The fourth-order valence-corrected chi connectivity index (χ4v) is 4.88. The van der Waals surface area contributed by atoms with Gasteiger partial charge in [0, 0.05) is 18.7 Å². The van der Waals surface area contributed by atoms with Gasteiger partial charge in [-0.25, -0.2) is 0 Å². The van der Waals surface area contributed by atoms with Gasteiger partial charge in [-0.3, -0.25) is 9.59 Å². The molecule has 2 aromatic carbocycles. The number of likely N-dealkylation sites (tertiary alicyclic amines) is 1. The molecule has 204 valence electrons. The van der Waals surface area contributed by atoms with Gasteiger partial charge < -0.3 is 29.1 Å². The van der Waals surface area contributed by atoms with Gasteiger partial charge in [-0.15, -0.1) is 0 Å². The van der Waals surface area contributed by atoms with Gasteiger partial charge in [0.15, 0.2) is 11.5 Å². The number of hydrogen-bond acceptors (Lipinski definition) is 7. The normalized spacial score (nSPS) is 18.3. The van der Waals surface area contributed by atoms with E-state index in [9.17, 15) is 14.7 Å². The second-order valence-corrected chi connectivity index (χ2v) is 9.50. The standard InChI is InChI=1S/C30H38N2O6/c1-4-7-8-17-36-23-12-9-21(10-13-23)27-26(29(34)30(35)32(27)16-15-31(5-2)6-3)28(33)22-11-14-24-25(20-22)38-19-18-37-24/h9-14,20,27,33H,4-8,15-19H2,1-3H3/t27-/m0/s1. The van der Waals surface area contributed by atoms with E-state index in [1.165, 1.54) is 0 Å². The van der Waals surface area contributed by atoms with Gasteiger partial charge in [-0.2, -0.15) is 0 Å². The fourth-order valence-electron chi connectivity index (χ4n) is 4.88. The molecule has 2 aliphatic rings. The van der Waals surface area contributed by atoms with Crippen LogP contribution in [0.3, 0.4) is 0 Å². The molecule has 0 saturated carbocycles. The summed E-state index contributed by atoms with van der Waals surface area (Å²) >= 11 is 0. The van der Waals surface area contributed by atoms with Crippen LogP contribution in [-0.2, 0) is 9.59 Å². The van der Waals surface area contributed by atoms with Crippen molar-refractivity contribution in [1.29, 1.82) is 0 Å². The van der Waals surface area contributed by atoms with Crippen LogP contribution in [0.2, 0.25) is 0 Å². The fraction of sp³-hybridized carbons (Fsp3) is 0.467. The van der Waals surface area contributed by atoms with Crippen molar-refractivity contribution in [3.63, 3.8) is 0 Å². The summed E-state index contributed by atoms with van der Waals surface area (Å²) in [5.74, 6) is 0.283. The smallest absolute Gasteiger partial charge is 0.295 e. The Hall–Kier alpha value is -3.52. The molecule has 0 spiro atoms. The minimum Gasteiger partial charge on any atom is -0.507 e. The lowest BCUT2D eigenvalue weighted by Gasteiger charge is -2.28. The number of carbonyl (C=O) groups excluding carboxylic acids is 2. The van der Waals surface area contributed by atoms with Crippen molar-refractivity contribution in [3.05, 3.63) is 59.2 Å². The number of hydrogen-bond donors (Lipinski definition) is 1. The summed E-state index contributed by atoms with van der Waals surface area (Å²) in [6.07, 6.45) is 3.22. The van der Waals surface area contributed by atoms with Crippen molar-refractivity contribution in [2.24, 2.45) is 0 Å². The monoisotopic (exact) mass is 522 g/mol. The molecule has 0 bridgehead atoms. The van der Waals surface area contributed by atoms with Gasteiger partial charge in [0.25, 0.3) is 11.7 Å². The SMILES string of the molecule is CCCCCOc1ccc([C@H]2C(=C(O)c3ccc4c(c3)OCCO4)C(=O)C(=O)N2CCN(CC)CC)cc1. The summed E-state index contributed by atoms with van der Waals surface area (Å²) in [6.45, 7) is 10.4. The highest BCUT2D eigenvalue weighted by molar-refractivity contribution is 6.46. The number of likely N-dealkylation sites (N-methyl/N-ethyl adjacent to an activating group) is 1. The van der Waals surface area contributed by atoms with Gasteiger partial charge in [0.1, 0.15) is 24.7 Å². The number of benzene rings is 2. The number of nitrogens with zero attached hydrogens (tertiary/aromatic N) is 2. The van der Waals surface area contributed by atoms with E-state index in [-0.39, 0.29) is 11.3 Å². The van der Waals surface area contributed by atoms with Gasteiger partial charge in [0.2, 0.25) is 0 Å². The van der Waals surface area contributed by atoms with E-state index in [4.69, 9.17) is 14.2 Å². The molecule has 0 unspecified atom stereocenters. The van der Waals surface area contributed by atoms with Crippen LogP contribution < -0.4 is 14.2 Å². The number of aliphatic hydroxyl groups excluding tert-OH is 1. The largest absolute Gasteiger partial charge is 0.507 e. The quantitative estimate of drug-likeness (QED) is 0.186. The molecule has 2 aromatic rings. The summed E-state index contributed by atoms with van der Waals surface area (Å²) in [5, 5.41) is 11.4. The molecule has 38 heavy (non-hydrogen) atoms. The van der Waals surface area contributed by atoms with Crippen LogP contribution in [0, 0.1) is 0 Å². The lowest BCUT2D eigenvalue weighted by Crippen LogP contribution is -2.38. The molecular weight excluding hydrogens is 484 g/mol.